The van der Waals surface area contributed by atoms with E-state index in [1.807, 2.05) is 53.2 Å². The molecule has 4 aromatic rings. The predicted molar refractivity (Wildman–Crippen MR) is 95.0 cm³/mol. The lowest BCUT2D eigenvalue weighted by Crippen LogP contribution is -2.03. The van der Waals surface area contributed by atoms with Crippen molar-refractivity contribution in [3.63, 3.8) is 0 Å². The van der Waals surface area contributed by atoms with E-state index in [0.29, 0.717) is 5.56 Å². The minimum Gasteiger partial charge on any atom is -0.236 e. The van der Waals surface area contributed by atoms with E-state index in [2.05, 4.69) is 36.4 Å². The average Bonchev–Trinajstić information content (AvgIpc) is 3.01. The molecular weight excluding hydrogens is 294 g/mol. The van der Waals surface area contributed by atoms with Crippen LogP contribution in [0.3, 0.4) is 0 Å². The van der Waals surface area contributed by atoms with E-state index in [1.165, 1.54) is 5.56 Å². The Balaban J connectivity index is 1.87. The summed E-state index contributed by atoms with van der Waals surface area (Å²) in [6, 6.07) is 28.3. The minimum absolute atomic E-state index is 0.653. The normalized spacial score (nSPS) is 10.6. The smallest absolute Gasteiger partial charge is 0.0991 e. The van der Waals surface area contributed by atoms with Gasteiger partial charge in [0.05, 0.1) is 28.5 Å². The molecule has 0 amide bonds. The number of hydrogen-bond acceptors (Lipinski definition) is 2. The van der Waals surface area contributed by atoms with Crippen LogP contribution in [-0.2, 0) is 6.42 Å². The van der Waals surface area contributed by atoms with Crippen molar-refractivity contribution >= 4 is 10.9 Å². The molecule has 0 aliphatic heterocycles. The zero-order valence-electron chi connectivity index (χ0n) is 13.1. The first kappa shape index (κ1) is 14.2. The summed E-state index contributed by atoms with van der Waals surface area (Å²) in [4.78, 5) is 0. The average molecular weight is 309 g/mol. The Hall–Kier alpha value is -3.38. The molecule has 0 fully saturated rings. The second-order valence-electron chi connectivity index (χ2n) is 5.70. The number of benzene rings is 3. The molecule has 3 heteroatoms. The van der Waals surface area contributed by atoms with Gasteiger partial charge in [-0.3, -0.25) is 0 Å². The molecule has 24 heavy (non-hydrogen) atoms. The first-order chi connectivity index (χ1) is 11.8. The number of fused-ring (bicyclic) bond motifs is 1. The van der Waals surface area contributed by atoms with Crippen molar-refractivity contribution in [2.45, 2.75) is 6.42 Å². The van der Waals surface area contributed by atoms with Gasteiger partial charge >= 0.3 is 0 Å². The van der Waals surface area contributed by atoms with Gasteiger partial charge in [0.2, 0.25) is 0 Å². The Labute approximate surface area is 140 Å². The van der Waals surface area contributed by atoms with E-state index >= 15 is 0 Å². The Morgan fingerprint density at radius 1 is 0.833 bits per heavy atom. The van der Waals surface area contributed by atoms with E-state index in [9.17, 15) is 0 Å². The van der Waals surface area contributed by atoms with Crippen molar-refractivity contribution in [3.05, 3.63) is 95.7 Å². The van der Waals surface area contributed by atoms with Crippen molar-refractivity contribution in [3.8, 4) is 11.8 Å². The lowest BCUT2D eigenvalue weighted by atomic mass is 10.1. The summed E-state index contributed by atoms with van der Waals surface area (Å²) in [5.41, 5.74) is 5.00. The van der Waals surface area contributed by atoms with Gasteiger partial charge in [-0.05, 0) is 35.9 Å². The Kier molecular flexibility index (Phi) is 3.57. The molecule has 0 atom stereocenters. The van der Waals surface area contributed by atoms with Crippen LogP contribution >= 0.6 is 0 Å². The van der Waals surface area contributed by atoms with Crippen LogP contribution in [0.4, 0.5) is 0 Å². The van der Waals surface area contributed by atoms with Crippen LogP contribution in [0.2, 0.25) is 0 Å². The van der Waals surface area contributed by atoms with E-state index in [4.69, 9.17) is 10.4 Å². The molecule has 0 saturated carbocycles. The fraction of sp³-hybridized carbons (Fsp3) is 0.0476. The van der Waals surface area contributed by atoms with Crippen LogP contribution in [0.25, 0.3) is 16.6 Å². The van der Waals surface area contributed by atoms with Gasteiger partial charge in [-0.25, -0.2) is 4.68 Å². The van der Waals surface area contributed by atoms with Gasteiger partial charge in [0.15, 0.2) is 0 Å². The summed E-state index contributed by atoms with van der Waals surface area (Å²) in [5, 5.41) is 14.9. The Morgan fingerprint density at radius 2 is 1.54 bits per heavy atom. The molecule has 3 nitrogen and oxygen atoms in total. The van der Waals surface area contributed by atoms with E-state index in [-0.39, 0.29) is 0 Å². The summed E-state index contributed by atoms with van der Waals surface area (Å²) in [6.07, 6.45) is 0.807. The first-order valence-electron chi connectivity index (χ1n) is 7.86. The molecule has 0 saturated heterocycles. The summed E-state index contributed by atoms with van der Waals surface area (Å²) >= 11 is 0. The van der Waals surface area contributed by atoms with Gasteiger partial charge in [-0.15, -0.1) is 0 Å². The predicted octanol–water partition coefficient (Wildman–Crippen LogP) is 4.49. The van der Waals surface area contributed by atoms with Crippen molar-refractivity contribution in [1.29, 1.82) is 5.26 Å². The van der Waals surface area contributed by atoms with Crippen LogP contribution in [-0.4, -0.2) is 9.78 Å². The van der Waals surface area contributed by atoms with Crippen LogP contribution in [0.1, 0.15) is 16.8 Å². The fourth-order valence-corrected chi connectivity index (χ4v) is 2.94. The van der Waals surface area contributed by atoms with Gasteiger partial charge in [-0.2, -0.15) is 10.4 Å². The third kappa shape index (κ3) is 2.55. The summed E-state index contributed by atoms with van der Waals surface area (Å²) in [6.45, 7) is 0. The molecule has 0 N–H and O–H groups in total. The number of nitrogens with zero attached hydrogens (tertiary/aromatic N) is 3. The lowest BCUT2D eigenvalue weighted by Gasteiger charge is -2.08. The van der Waals surface area contributed by atoms with Gasteiger partial charge in [-0.1, -0.05) is 48.5 Å². The third-order valence-electron chi connectivity index (χ3n) is 4.13. The van der Waals surface area contributed by atoms with Crippen molar-refractivity contribution in [1.82, 2.24) is 9.78 Å². The summed E-state index contributed by atoms with van der Waals surface area (Å²) in [5.74, 6) is 0. The van der Waals surface area contributed by atoms with Crippen LogP contribution in [0.5, 0.6) is 0 Å². The van der Waals surface area contributed by atoms with Gasteiger partial charge in [0.25, 0.3) is 0 Å². The van der Waals surface area contributed by atoms with E-state index < -0.39 is 0 Å². The third-order valence-corrected chi connectivity index (χ3v) is 4.13. The largest absolute Gasteiger partial charge is 0.236 e. The molecule has 0 aliphatic rings. The highest BCUT2D eigenvalue weighted by atomic mass is 15.3. The summed E-state index contributed by atoms with van der Waals surface area (Å²) < 4.78 is 1.98. The topological polar surface area (TPSA) is 41.6 Å². The summed E-state index contributed by atoms with van der Waals surface area (Å²) in [7, 11) is 0. The van der Waals surface area contributed by atoms with Crippen molar-refractivity contribution in [2.75, 3.05) is 0 Å². The maximum atomic E-state index is 8.99. The molecule has 4 rings (SSSR count). The van der Waals surface area contributed by atoms with Gasteiger partial charge in [0.1, 0.15) is 0 Å². The molecule has 0 bridgehead atoms. The molecule has 0 aliphatic carbocycles. The molecule has 0 radical (unpaired) electrons. The first-order valence-corrected chi connectivity index (χ1v) is 7.86. The Bertz CT molecular complexity index is 1020. The van der Waals surface area contributed by atoms with Gasteiger partial charge < -0.3 is 0 Å². The molecule has 3 aromatic carbocycles. The lowest BCUT2D eigenvalue weighted by molar-refractivity contribution is 0.836. The highest BCUT2D eigenvalue weighted by Crippen LogP contribution is 2.24. The molecule has 0 spiro atoms. The maximum Gasteiger partial charge on any atom is 0.0991 e. The Morgan fingerprint density at radius 3 is 2.29 bits per heavy atom. The monoisotopic (exact) mass is 309 g/mol. The highest BCUT2D eigenvalue weighted by molar-refractivity contribution is 5.82. The van der Waals surface area contributed by atoms with Crippen LogP contribution < -0.4 is 0 Å². The van der Waals surface area contributed by atoms with Crippen molar-refractivity contribution in [2.24, 2.45) is 0 Å². The zero-order valence-corrected chi connectivity index (χ0v) is 13.1. The minimum atomic E-state index is 0.653. The molecule has 0 unspecified atom stereocenters. The van der Waals surface area contributed by atoms with E-state index in [0.717, 1.165) is 28.7 Å². The standard InChI is InChI=1S/C21H15N3/c22-15-17-10-12-18(13-11-17)24-21(14-16-6-2-1-3-7-16)19-8-4-5-9-20(19)23-24/h1-13H,14H2. The molecule has 1 aromatic heterocycles. The number of hydrogen-bond donors (Lipinski definition) is 0. The SMILES string of the molecule is N#Cc1ccc(-n2nc3ccccc3c2Cc2ccccc2)cc1. The van der Waals surface area contributed by atoms with Crippen molar-refractivity contribution < 1.29 is 0 Å². The van der Waals surface area contributed by atoms with E-state index in [1.54, 1.807) is 0 Å². The number of nitriles is 1. The van der Waals surface area contributed by atoms with Crippen LogP contribution in [0.15, 0.2) is 78.9 Å². The zero-order chi connectivity index (χ0) is 16.4. The number of rotatable bonds is 3. The molecule has 114 valence electrons. The second-order valence-corrected chi connectivity index (χ2v) is 5.70. The quantitative estimate of drug-likeness (QED) is 0.559. The van der Waals surface area contributed by atoms with Gasteiger partial charge in [0, 0.05) is 11.8 Å². The number of aromatic nitrogens is 2. The van der Waals surface area contributed by atoms with Crippen LogP contribution in [0, 0.1) is 11.3 Å². The highest BCUT2D eigenvalue weighted by Gasteiger charge is 2.13. The molecule has 1 heterocycles. The second kappa shape index (κ2) is 6.02. The maximum absolute atomic E-state index is 8.99. The molecular formula is C21H15N3. The fourth-order valence-electron chi connectivity index (χ4n) is 2.94.